The first-order valence-corrected chi connectivity index (χ1v) is 13.9. The molecular formula is C28H54N3O+. The first-order chi connectivity index (χ1) is 15.6. The highest BCUT2D eigenvalue weighted by atomic mass is 16.1. The van der Waals surface area contributed by atoms with Gasteiger partial charge in [0.05, 0.1) is 19.6 Å². The number of allylic oxidation sites excluding steroid dienone is 2. The lowest BCUT2D eigenvalue weighted by molar-refractivity contribution is -0.833. The van der Waals surface area contributed by atoms with Crippen molar-refractivity contribution in [3.8, 4) is 0 Å². The van der Waals surface area contributed by atoms with Gasteiger partial charge < -0.3 is 5.32 Å². The molecule has 0 saturated carbocycles. The summed E-state index contributed by atoms with van der Waals surface area (Å²) in [5, 5.41) is 2.96. The molecule has 1 rings (SSSR count). The quantitative estimate of drug-likeness (QED) is 0.113. The molecule has 0 spiro atoms. The zero-order chi connectivity index (χ0) is 23.3. The molecule has 0 aromatic rings. The minimum absolute atomic E-state index is 0.0677. The number of hydrogen-bond donors (Lipinski definition) is 1. The summed E-state index contributed by atoms with van der Waals surface area (Å²) >= 11 is 0. The smallest absolute Gasteiger partial charge is 0.217 e. The van der Waals surface area contributed by atoms with Gasteiger partial charge in [0, 0.05) is 13.3 Å². The average molecular weight is 449 g/mol. The molecule has 0 aliphatic carbocycles. The molecule has 1 aliphatic rings. The molecule has 0 bridgehead atoms. The van der Waals surface area contributed by atoms with Gasteiger partial charge >= 0.3 is 0 Å². The lowest BCUT2D eigenvalue weighted by Gasteiger charge is -2.33. The van der Waals surface area contributed by atoms with Gasteiger partial charge in [-0.1, -0.05) is 83.3 Å². The van der Waals surface area contributed by atoms with E-state index in [9.17, 15) is 4.79 Å². The van der Waals surface area contributed by atoms with E-state index in [1.807, 2.05) is 0 Å². The molecule has 1 N–H and O–H groups in total. The number of carbonyl (C=O) groups is 1. The van der Waals surface area contributed by atoms with Crippen molar-refractivity contribution in [3.63, 3.8) is 0 Å². The Bertz CT molecular complexity index is 529. The Morgan fingerprint density at radius 2 is 1.44 bits per heavy atom. The van der Waals surface area contributed by atoms with E-state index in [-0.39, 0.29) is 5.91 Å². The van der Waals surface area contributed by atoms with E-state index in [0.717, 1.165) is 43.6 Å². The van der Waals surface area contributed by atoms with Gasteiger partial charge in [0.25, 0.3) is 0 Å². The number of rotatable bonds is 21. The van der Waals surface area contributed by atoms with Crippen LogP contribution >= 0.6 is 0 Å². The first-order valence-electron chi connectivity index (χ1n) is 13.9. The molecule has 1 amide bonds. The van der Waals surface area contributed by atoms with E-state index in [4.69, 9.17) is 4.99 Å². The van der Waals surface area contributed by atoms with Crippen molar-refractivity contribution < 1.29 is 9.28 Å². The summed E-state index contributed by atoms with van der Waals surface area (Å²) in [6.07, 6.45) is 26.4. The maximum atomic E-state index is 11.2. The highest BCUT2D eigenvalue weighted by molar-refractivity contribution is 5.77. The predicted molar refractivity (Wildman–Crippen MR) is 140 cm³/mol. The Balaban J connectivity index is 1.98. The van der Waals surface area contributed by atoms with Crippen LogP contribution in [0.15, 0.2) is 17.1 Å². The van der Waals surface area contributed by atoms with E-state index in [2.05, 4.69) is 31.3 Å². The maximum absolute atomic E-state index is 11.2. The predicted octanol–water partition coefficient (Wildman–Crippen LogP) is 7.19. The molecule has 1 aliphatic heterocycles. The van der Waals surface area contributed by atoms with Crippen LogP contribution in [0.5, 0.6) is 0 Å². The summed E-state index contributed by atoms with van der Waals surface area (Å²) in [6, 6.07) is 0. The lowest BCUT2D eigenvalue weighted by atomic mass is 10.1. The zero-order valence-corrected chi connectivity index (χ0v) is 21.8. The minimum Gasteiger partial charge on any atom is -0.351 e. The molecule has 0 radical (unpaired) electrons. The largest absolute Gasteiger partial charge is 0.351 e. The van der Waals surface area contributed by atoms with Gasteiger partial charge in [-0.05, 0) is 39.0 Å². The SMILES string of the molecule is CCCCCCCCCCCC/C=C/CCCCCC1=NCC[N+]1(CC)CCNC(C)=O. The number of quaternary nitrogens is 1. The summed E-state index contributed by atoms with van der Waals surface area (Å²) in [4.78, 5) is 16.0. The third kappa shape index (κ3) is 13.4. The van der Waals surface area contributed by atoms with Gasteiger partial charge in [-0.2, -0.15) is 0 Å². The van der Waals surface area contributed by atoms with Gasteiger partial charge in [0.15, 0.2) is 5.84 Å². The van der Waals surface area contributed by atoms with Crippen LogP contribution in [-0.2, 0) is 4.79 Å². The van der Waals surface area contributed by atoms with Gasteiger partial charge in [0.2, 0.25) is 5.91 Å². The molecule has 0 aromatic carbocycles. The van der Waals surface area contributed by atoms with Crippen molar-refractivity contribution in [1.29, 1.82) is 0 Å². The molecule has 1 heterocycles. The fraction of sp³-hybridized carbons (Fsp3) is 0.857. The molecule has 1 unspecified atom stereocenters. The Hall–Kier alpha value is -1.16. The number of carbonyl (C=O) groups excluding carboxylic acids is 1. The van der Waals surface area contributed by atoms with Crippen LogP contribution in [0, 0.1) is 0 Å². The molecule has 4 heteroatoms. The second-order valence-electron chi connectivity index (χ2n) is 9.73. The van der Waals surface area contributed by atoms with Crippen molar-refractivity contribution in [1.82, 2.24) is 5.32 Å². The van der Waals surface area contributed by atoms with Crippen LogP contribution in [0.3, 0.4) is 0 Å². The number of likely N-dealkylation sites (N-methyl/N-ethyl adjacent to an activating group) is 1. The number of nitrogens with one attached hydrogen (secondary N) is 1. The fourth-order valence-electron chi connectivity index (χ4n) is 4.86. The van der Waals surface area contributed by atoms with E-state index in [0.29, 0.717) is 0 Å². The Morgan fingerprint density at radius 1 is 0.875 bits per heavy atom. The average Bonchev–Trinajstić information content (AvgIpc) is 3.18. The van der Waals surface area contributed by atoms with Gasteiger partial charge in [-0.25, -0.2) is 4.99 Å². The monoisotopic (exact) mass is 448 g/mol. The van der Waals surface area contributed by atoms with Crippen molar-refractivity contribution >= 4 is 11.7 Å². The van der Waals surface area contributed by atoms with Crippen LogP contribution in [0.4, 0.5) is 0 Å². The van der Waals surface area contributed by atoms with E-state index in [1.54, 1.807) is 6.92 Å². The molecule has 186 valence electrons. The number of amidine groups is 1. The number of amides is 1. The molecule has 0 saturated heterocycles. The molecule has 1 atom stereocenters. The minimum atomic E-state index is 0.0677. The van der Waals surface area contributed by atoms with Crippen LogP contribution in [0.2, 0.25) is 0 Å². The topological polar surface area (TPSA) is 41.5 Å². The van der Waals surface area contributed by atoms with E-state index >= 15 is 0 Å². The standard InChI is InChI=1S/C28H53N3O/c1-4-6-7-8-9-10-11-12-13-14-15-16-17-18-19-20-21-22-28-30-24-26-31(28,5-2)25-23-29-27(3)32/h16-17H,4-15,18-26H2,1-3H3/p+1/b17-16+. The summed E-state index contributed by atoms with van der Waals surface area (Å²) in [5.74, 6) is 1.44. The Kier molecular flexibility index (Phi) is 17.4. The summed E-state index contributed by atoms with van der Waals surface area (Å²) in [7, 11) is 0. The summed E-state index contributed by atoms with van der Waals surface area (Å²) < 4.78 is 0.985. The highest BCUT2D eigenvalue weighted by Gasteiger charge is 2.35. The third-order valence-electron chi connectivity index (χ3n) is 7.05. The maximum Gasteiger partial charge on any atom is 0.217 e. The zero-order valence-electron chi connectivity index (χ0n) is 21.8. The van der Waals surface area contributed by atoms with Crippen LogP contribution in [0.25, 0.3) is 0 Å². The molecular weight excluding hydrogens is 394 g/mol. The van der Waals surface area contributed by atoms with Crippen LogP contribution in [-0.4, -0.2) is 48.9 Å². The van der Waals surface area contributed by atoms with Crippen molar-refractivity contribution in [3.05, 3.63) is 12.2 Å². The molecule has 0 fully saturated rings. The van der Waals surface area contributed by atoms with Crippen LogP contribution in [0.1, 0.15) is 124 Å². The Morgan fingerprint density at radius 3 is 2.00 bits per heavy atom. The fourth-order valence-corrected chi connectivity index (χ4v) is 4.86. The number of unbranched alkanes of at least 4 members (excludes halogenated alkanes) is 13. The molecule has 0 aromatic heterocycles. The van der Waals surface area contributed by atoms with E-state index in [1.165, 1.54) is 102 Å². The van der Waals surface area contributed by atoms with Crippen molar-refractivity contribution in [2.45, 2.75) is 124 Å². The number of hydrogen-bond acceptors (Lipinski definition) is 2. The Labute approximate surface area is 199 Å². The summed E-state index contributed by atoms with van der Waals surface area (Å²) in [5.41, 5.74) is 0. The lowest BCUT2D eigenvalue weighted by Crippen LogP contribution is -2.54. The van der Waals surface area contributed by atoms with E-state index < -0.39 is 0 Å². The van der Waals surface area contributed by atoms with Gasteiger partial charge in [0.1, 0.15) is 13.1 Å². The number of nitrogens with zero attached hydrogens (tertiary/aromatic N) is 2. The van der Waals surface area contributed by atoms with Crippen LogP contribution < -0.4 is 5.32 Å². The second kappa shape index (κ2) is 19.3. The van der Waals surface area contributed by atoms with Gasteiger partial charge in [-0.15, -0.1) is 0 Å². The molecule has 32 heavy (non-hydrogen) atoms. The normalized spacial score (nSPS) is 18.4. The van der Waals surface area contributed by atoms with Crippen molar-refractivity contribution in [2.24, 2.45) is 4.99 Å². The van der Waals surface area contributed by atoms with Gasteiger partial charge in [-0.3, -0.25) is 9.28 Å². The highest BCUT2D eigenvalue weighted by Crippen LogP contribution is 2.19. The summed E-state index contributed by atoms with van der Waals surface area (Å²) in [6.45, 7) is 11.0. The first kappa shape index (κ1) is 28.9. The number of aliphatic imine (C=N–C) groups is 1. The third-order valence-corrected chi connectivity index (χ3v) is 7.05. The molecule has 4 nitrogen and oxygen atoms in total. The second-order valence-corrected chi connectivity index (χ2v) is 9.73. The van der Waals surface area contributed by atoms with Crippen molar-refractivity contribution in [2.75, 3.05) is 32.7 Å².